The van der Waals surface area contributed by atoms with Crippen molar-refractivity contribution >= 4 is 23.6 Å². The lowest BCUT2D eigenvalue weighted by atomic mass is 9.85. The van der Waals surface area contributed by atoms with Crippen LogP contribution in [0.1, 0.15) is 25.0 Å². The fourth-order valence-corrected chi connectivity index (χ4v) is 2.26. The number of carboxylic acid groups (broad SMARTS) is 1. The number of nitrogens with zero attached hydrogens (tertiary/aromatic N) is 1. The molecular weight excluding hydrogens is 230 g/mol. The third-order valence-corrected chi connectivity index (χ3v) is 3.31. The van der Waals surface area contributed by atoms with Crippen LogP contribution in [0.2, 0.25) is 0 Å². The van der Waals surface area contributed by atoms with Gasteiger partial charge in [-0.25, -0.2) is 4.79 Å². The van der Waals surface area contributed by atoms with Crippen molar-refractivity contribution in [3.63, 3.8) is 0 Å². The van der Waals surface area contributed by atoms with Crippen LogP contribution in [0.25, 0.3) is 6.08 Å². The van der Waals surface area contributed by atoms with Gasteiger partial charge in [-0.1, -0.05) is 6.07 Å². The van der Waals surface area contributed by atoms with Crippen LogP contribution in [-0.4, -0.2) is 24.0 Å². The zero-order chi connectivity index (χ0) is 13.5. The minimum atomic E-state index is -0.983. The number of amides is 1. The molecule has 0 aromatic heterocycles. The normalized spacial score (nSPS) is 17.3. The zero-order valence-electron chi connectivity index (χ0n) is 10.6. The van der Waals surface area contributed by atoms with Gasteiger partial charge in [0, 0.05) is 18.8 Å². The molecule has 1 heterocycles. The zero-order valence-corrected chi connectivity index (χ0v) is 10.6. The van der Waals surface area contributed by atoms with Gasteiger partial charge in [-0.3, -0.25) is 4.79 Å². The second-order valence-corrected chi connectivity index (χ2v) is 4.94. The van der Waals surface area contributed by atoms with Crippen molar-refractivity contribution in [3.8, 4) is 0 Å². The molecule has 0 aliphatic carbocycles. The molecule has 0 saturated heterocycles. The van der Waals surface area contributed by atoms with Crippen LogP contribution in [0.4, 0.5) is 5.69 Å². The first kappa shape index (κ1) is 12.4. The first-order valence-electron chi connectivity index (χ1n) is 5.67. The average molecular weight is 245 g/mol. The quantitative estimate of drug-likeness (QED) is 0.811. The number of aliphatic carboxylic acids is 1. The Balaban J connectivity index is 2.48. The highest BCUT2D eigenvalue weighted by molar-refractivity contribution is 6.07. The topological polar surface area (TPSA) is 57.6 Å². The fraction of sp³-hybridized carbons (Fsp3) is 0.286. The van der Waals surface area contributed by atoms with E-state index >= 15 is 0 Å². The molecule has 94 valence electrons. The van der Waals surface area contributed by atoms with Gasteiger partial charge in [-0.2, -0.15) is 0 Å². The number of carboxylic acids is 1. The summed E-state index contributed by atoms with van der Waals surface area (Å²) >= 11 is 0. The van der Waals surface area contributed by atoms with E-state index in [0.717, 1.165) is 22.9 Å². The van der Waals surface area contributed by atoms with Crippen LogP contribution in [0.15, 0.2) is 24.3 Å². The summed E-state index contributed by atoms with van der Waals surface area (Å²) in [6, 6.07) is 5.53. The predicted octanol–water partition coefficient (Wildman–Crippen LogP) is 2.04. The van der Waals surface area contributed by atoms with Crippen molar-refractivity contribution in [1.29, 1.82) is 0 Å². The summed E-state index contributed by atoms with van der Waals surface area (Å²) in [6.45, 7) is 3.75. The van der Waals surface area contributed by atoms with Crippen molar-refractivity contribution in [1.82, 2.24) is 0 Å². The van der Waals surface area contributed by atoms with Gasteiger partial charge in [0.25, 0.3) is 0 Å². The maximum absolute atomic E-state index is 12.1. The first-order chi connectivity index (χ1) is 8.34. The molecule has 4 nitrogen and oxygen atoms in total. The Morgan fingerprint density at radius 1 is 1.39 bits per heavy atom. The lowest BCUT2D eigenvalue weighted by molar-refractivity contribution is -0.131. The Hall–Kier alpha value is -2.10. The maximum atomic E-state index is 12.1. The number of fused-ring (bicyclic) bond motifs is 1. The van der Waals surface area contributed by atoms with Gasteiger partial charge in [0.2, 0.25) is 5.91 Å². The number of hydrogen-bond acceptors (Lipinski definition) is 2. The fourth-order valence-electron chi connectivity index (χ4n) is 2.26. The van der Waals surface area contributed by atoms with Crippen molar-refractivity contribution in [2.45, 2.75) is 19.3 Å². The molecule has 1 N–H and O–H groups in total. The molecule has 18 heavy (non-hydrogen) atoms. The molecule has 0 spiro atoms. The molecule has 0 unspecified atom stereocenters. The molecule has 0 fully saturated rings. The van der Waals surface area contributed by atoms with Crippen molar-refractivity contribution < 1.29 is 14.7 Å². The minimum Gasteiger partial charge on any atom is -0.478 e. The molecule has 4 heteroatoms. The minimum absolute atomic E-state index is 0.0527. The summed E-state index contributed by atoms with van der Waals surface area (Å²) in [5.74, 6) is -0.931. The molecule has 1 aliphatic rings. The number of benzene rings is 1. The maximum Gasteiger partial charge on any atom is 0.328 e. The third-order valence-electron chi connectivity index (χ3n) is 3.31. The molecule has 2 rings (SSSR count). The van der Waals surface area contributed by atoms with E-state index in [-0.39, 0.29) is 5.91 Å². The SMILES string of the molecule is CN1C(=O)C(C)(C)c2cc(C=CC(=O)O)ccc21. The highest BCUT2D eigenvalue weighted by atomic mass is 16.4. The molecule has 0 saturated carbocycles. The van der Waals surface area contributed by atoms with Crippen LogP contribution < -0.4 is 4.90 Å². The van der Waals surface area contributed by atoms with E-state index in [2.05, 4.69) is 0 Å². The highest BCUT2D eigenvalue weighted by Crippen LogP contribution is 2.41. The lowest BCUT2D eigenvalue weighted by Gasteiger charge is -2.16. The summed E-state index contributed by atoms with van der Waals surface area (Å²) < 4.78 is 0. The van der Waals surface area contributed by atoms with Gasteiger partial charge in [0.1, 0.15) is 0 Å². The molecule has 1 aromatic carbocycles. The van der Waals surface area contributed by atoms with Gasteiger partial charge < -0.3 is 10.0 Å². The molecule has 0 bridgehead atoms. The first-order valence-corrected chi connectivity index (χ1v) is 5.67. The van der Waals surface area contributed by atoms with Gasteiger partial charge in [0.15, 0.2) is 0 Å². The predicted molar refractivity (Wildman–Crippen MR) is 69.5 cm³/mol. The van der Waals surface area contributed by atoms with E-state index in [4.69, 9.17) is 5.11 Å². The Kier molecular flexibility index (Phi) is 2.73. The van der Waals surface area contributed by atoms with Gasteiger partial charge in [-0.15, -0.1) is 0 Å². The van der Waals surface area contributed by atoms with E-state index < -0.39 is 11.4 Å². The van der Waals surface area contributed by atoms with Crippen LogP contribution >= 0.6 is 0 Å². The van der Waals surface area contributed by atoms with E-state index in [0.29, 0.717) is 0 Å². The number of carbonyl (C=O) groups is 2. The summed E-state index contributed by atoms with van der Waals surface area (Å²) in [5.41, 5.74) is 2.05. The summed E-state index contributed by atoms with van der Waals surface area (Å²) in [5, 5.41) is 8.61. The van der Waals surface area contributed by atoms with Crippen molar-refractivity contribution in [2.24, 2.45) is 0 Å². The lowest BCUT2D eigenvalue weighted by Crippen LogP contribution is -2.33. The van der Waals surface area contributed by atoms with Gasteiger partial charge >= 0.3 is 5.97 Å². The van der Waals surface area contributed by atoms with Crippen molar-refractivity contribution in [2.75, 3.05) is 11.9 Å². The van der Waals surface area contributed by atoms with Crippen LogP contribution in [-0.2, 0) is 15.0 Å². The summed E-state index contributed by atoms with van der Waals surface area (Å²) in [4.78, 5) is 24.2. The van der Waals surface area contributed by atoms with Crippen LogP contribution in [0.5, 0.6) is 0 Å². The monoisotopic (exact) mass is 245 g/mol. The third kappa shape index (κ3) is 1.79. The Morgan fingerprint density at radius 3 is 2.67 bits per heavy atom. The Bertz CT molecular complexity index is 558. The number of hydrogen-bond donors (Lipinski definition) is 1. The molecule has 0 atom stereocenters. The Morgan fingerprint density at radius 2 is 2.06 bits per heavy atom. The molecule has 1 aliphatic heterocycles. The number of anilines is 1. The standard InChI is InChI=1S/C14H15NO3/c1-14(2)10-8-9(5-7-12(16)17)4-6-11(10)15(3)13(14)18/h4-8H,1-3H3,(H,16,17). The number of rotatable bonds is 2. The number of likely N-dealkylation sites (N-methyl/N-ethyl adjacent to an activating group) is 1. The van der Waals surface area contributed by atoms with Crippen molar-refractivity contribution in [3.05, 3.63) is 35.4 Å². The van der Waals surface area contributed by atoms with Crippen LogP contribution in [0, 0.1) is 0 Å². The second kappa shape index (κ2) is 3.98. The summed E-state index contributed by atoms with van der Waals surface area (Å²) in [7, 11) is 1.75. The van der Waals surface area contributed by atoms with Gasteiger partial charge in [0.05, 0.1) is 5.41 Å². The smallest absolute Gasteiger partial charge is 0.328 e. The highest BCUT2D eigenvalue weighted by Gasteiger charge is 2.41. The molecule has 1 amide bonds. The van der Waals surface area contributed by atoms with E-state index in [1.807, 2.05) is 32.0 Å². The van der Waals surface area contributed by atoms with E-state index in [1.165, 1.54) is 6.08 Å². The van der Waals surface area contributed by atoms with Gasteiger partial charge in [-0.05, 0) is 43.2 Å². The second-order valence-electron chi connectivity index (χ2n) is 4.94. The average Bonchev–Trinajstić information content (AvgIpc) is 2.49. The molecular formula is C14H15NO3. The Labute approximate surface area is 106 Å². The largest absolute Gasteiger partial charge is 0.478 e. The van der Waals surface area contributed by atoms with E-state index in [1.54, 1.807) is 11.9 Å². The number of carbonyl (C=O) groups excluding carboxylic acids is 1. The van der Waals surface area contributed by atoms with E-state index in [9.17, 15) is 9.59 Å². The molecule has 1 aromatic rings. The summed E-state index contributed by atoms with van der Waals surface area (Å²) in [6.07, 6.45) is 2.62. The van der Waals surface area contributed by atoms with Crippen LogP contribution in [0.3, 0.4) is 0 Å². The molecule has 0 radical (unpaired) electrons.